The molecule has 0 spiro atoms. The first-order valence-electron chi connectivity index (χ1n) is 6.80. The zero-order valence-corrected chi connectivity index (χ0v) is 12.2. The van der Waals surface area contributed by atoms with Crippen LogP contribution in [0.5, 0.6) is 0 Å². The van der Waals surface area contributed by atoms with Crippen LogP contribution in [0.3, 0.4) is 0 Å². The molecule has 0 aromatic heterocycles. The number of rotatable bonds is 5. The van der Waals surface area contributed by atoms with Crippen molar-refractivity contribution in [2.24, 2.45) is 5.92 Å². The molecule has 1 aliphatic carbocycles. The number of hydrogen-bond acceptors (Lipinski definition) is 4. The Morgan fingerprint density at radius 3 is 2.58 bits per heavy atom. The Labute approximate surface area is 115 Å². The lowest BCUT2D eigenvalue weighted by Crippen LogP contribution is -2.09. The maximum Gasteiger partial charge on any atom is 0.175 e. The minimum atomic E-state index is -3.18. The standard InChI is InChI=1S/C14H22N2O2S/c1-19(17,18)12-6-7-14(13(15)10-12)16-9-8-11-4-2-3-5-11/h6-7,10-11,16H,2-5,8-9,15H2,1H3. The van der Waals surface area contributed by atoms with Crippen LogP contribution in [0.15, 0.2) is 23.1 Å². The molecule has 3 N–H and O–H groups in total. The fourth-order valence-corrected chi connectivity index (χ4v) is 3.30. The van der Waals surface area contributed by atoms with Gasteiger partial charge in [-0.05, 0) is 30.5 Å². The molecule has 1 aromatic carbocycles. The molecule has 0 saturated heterocycles. The minimum Gasteiger partial charge on any atom is -0.397 e. The lowest BCUT2D eigenvalue weighted by molar-refractivity contribution is 0.519. The SMILES string of the molecule is CS(=O)(=O)c1ccc(NCCC2CCCC2)c(N)c1. The minimum absolute atomic E-state index is 0.270. The van der Waals surface area contributed by atoms with Gasteiger partial charge in [-0.25, -0.2) is 8.42 Å². The van der Waals surface area contributed by atoms with Crippen LogP contribution in [0.25, 0.3) is 0 Å². The third-order valence-corrected chi connectivity index (χ3v) is 4.90. The van der Waals surface area contributed by atoms with Crippen molar-refractivity contribution in [3.8, 4) is 0 Å². The van der Waals surface area contributed by atoms with Gasteiger partial charge in [0.15, 0.2) is 9.84 Å². The van der Waals surface area contributed by atoms with E-state index in [9.17, 15) is 8.42 Å². The van der Waals surface area contributed by atoms with E-state index in [0.717, 1.165) is 24.6 Å². The van der Waals surface area contributed by atoms with Crippen LogP contribution in [-0.4, -0.2) is 21.2 Å². The van der Waals surface area contributed by atoms with Crippen LogP contribution in [0, 0.1) is 5.92 Å². The summed E-state index contributed by atoms with van der Waals surface area (Å²) in [6, 6.07) is 4.87. The average molecular weight is 282 g/mol. The third-order valence-electron chi connectivity index (χ3n) is 3.79. The number of benzene rings is 1. The van der Waals surface area contributed by atoms with Gasteiger partial charge in [0.2, 0.25) is 0 Å². The molecule has 0 unspecified atom stereocenters. The van der Waals surface area contributed by atoms with Gasteiger partial charge in [0.1, 0.15) is 0 Å². The summed E-state index contributed by atoms with van der Waals surface area (Å²) < 4.78 is 22.8. The summed E-state index contributed by atoms with van der Waals surface area (Å²) >= 11 is 0. The van der Waals surface area contributed by atoms with Crippen molar-refractivity contribution in [2.45, 2.75) is 37.0 Å². The number of sulfone groups is 1. The number of nitrogens with one attached hydrogen (secondary N) is 1. The third kappa shape index (κ3) is 3.86. The van der Waals surface area contributed by atoms with Gasteiger partial charge in [-0.3, -0.25) is 0 Å². The highest BCUT2D eigenvalue weighted by atomic mass is 32.2. The first-order valence-corrected chi connectivity index (χ1v) is 8.69. The summed E-state index contributed by atoms with van der Waals surface area (Å²) in [5, 5.41) is 3.30. The van der Waals surface area contributed by atoms with E-state index in [1.54, 1.807) is 12.1 Å². The molecule has 0 atom stereocenters. The molecule has 1 aliphatic rings. The van der Waals surface area contributed by atoms with Gasteiger partial charge in [-0.15, -0.1) is 0 Å². The second-order valence-electron chi connectivity index (χ2n) is 5.39. The second-order valence-corrected chi connectivity index (χ2v) is 7.40. The van der Waals surface area contributed by atoms with Gasteiger partial charge in [-0.1, -0.05) is 25.7 Å². The largest absolute Gasteiger partial charge is 0.397 e. The first kappa shape index (κ1) is 14.2. The molecule has 0 bridgehead atoms. The molecule has 0 radical (unpaired) electrons. The van der Waals surface area contributed by atoms with Gasteiger partial charge < -0.3 is 11.1 Å². The maximum absolute atomic E-state index is 11.4. The van der Waals surface area contributed by atoms with Crippen LogP contribution in [0.1, 0.15) is 32.1 Å². The molecule has 4 nitrogen and oxygen atoms in total. The highest BCUT2D eigenvalue weighted by Crippen LogP contribution is 2.28. The van der Waals surface area contributed by atoms with Crippen molar-refractivity contribution >= 4 is 21.2 Å². The summed E-state index contributed by atoms with van der Waals surface area (Å²) in [7, 11) is -3.18. The van der Waals surface area contributed by atoms with Gasteiger partial charge >= 0.3 is 0 Å². The van der Waals surface area contributed by atoms with Crippen LogP contribution in [0.2, 0.25) is 0 Å². The average Bonchev–Trinajstić information content (AvgIpc) is 2.83. The topological polar surface area (TPSA) is 72.2 Å². The van der Waals surface area contributed by atoms with Gasteiger partial charge in [0, 0.05) is 12.8 Å². The quantitative estimate of drug-likeness (QED) is 0.814. The molecule has 1 saturated carbocycles. The summed E-state index contributed by atoms with van der Waals surface area (Å²) in [6.07, 6.45) is 7.74. The molecule has 0 heterocycles. The van der Waals surface area contributed by atoms with Crippen LogP contribution in [-0.2, 0) is 9.84 Å². The normalized spacial score (nSPS) is 16.7. The highest BCUT2D eigenvalue weighted by molar-refractivity contribution is 7.90. The maximum atomic E-state index is 11.4. The monoisotopic (exact) mass is 282 g/mol. The summed E-state index contributed by atoms with van der Waals surface area (Å²) in [6.45, 7) is 0.896. The fraction of sp³-hybridized carbons (Fsp3) is 0.571. The van der Waals surface area contributed by atoms with E-state index in [-0.39, 0.29) is 4.90 Å². The predicted octanol–water partition coefficient (Wildman–Crippen LogP) is 2.66. The number of anilines is 2. The molecule has 5 heteroatoms. The van der Waals surface area contributed by atoms with E-state index in [1.807, 2.05) is 0 Å². The zero-order valence-electron chi connectivity index (χ0n) is 11.4. The molecule has 2 rings (SSSR count). The lowest BCUT2D eigenvalue weighted by atomic mass is 10.0. The van der Waals surface area contributed by atoms with E-state index in [1.165, 1.54) is 38.0 Å². The number of nitrogen functional groups attached to an aromatic ring is 1. The zero-order chi connectivity index (χ0) is 13.9. The number of hydrogen-bond donors (Lipinski definition) is 2. The van der Waals surface area contributed by atoms with Crippen LogP contribution < -0.4 is 11.1 Å². The van der Waals surface area contributed by atoms with Crippen LogP contribution in [0.4, 0.5) is 11.4 Å². The predicted molar refractivity (Wildman–Crippen MR) is 79.0 cm³/mol. The van der Waals surface area contributed by atoms with Crippen molar-refractivity contribution in [2.75, 3.05) is 23.9 Å². The molecule has 19 heavy (non-hydrogen) atoms. The summed E-state index contributed by atoms with van der Waals surface area (Å²) in [5.74, 6) is 0.837. The molecule has 106 valence electrons. The second kappa shape index (κ2) is 5.82. The number of nitrogens with two attached hydrogens (primary N) is 1. The molecule has 0 aliphatic heterocycles. The molecular weight excluding hydrogens is 260 g/mol. The van der Waals surface area contributed by atoms with Crippen molar-refractivity contribution in [3.63, 3.8) is 0 Å². The molecule has 1 aromatic rings. The highest BCUT2D eigenvalue weighted by Gasteiger charge is 2.14. The van der Waals surface area contributed by atoms with Crippen molar-refractivity contribution < 1.29 is 8.42 Å². The van der Waals surface area contributed by atoms with Gasteiger partial charge in [0.25, 0.3) is 0 Å². The molecule has 1 fully saturated rings. The van der Waals surface area contributed by atoms with Gasteiger partial charge in [0.05, 0.1) is 16.3 Å². The molecular formula is C14H22N2O2S. The van der Waals surface area contributed by atoms with Gasteiger partial charge in [-0.2, -0.15) is 0 Å². The first-order chi connectivity index (χ1) is 8.97. The Morgan fingerprint density at radius 2 is 2.00 bits per heavy atom. The smallest absolute Gasteiger partial charge is 0.175 e. The Morgan fingerprint density at radius 1 is 1.32 bits per heavy atom. The van der Waals surface area contributed by atoms with Crippen molar-refractivity contribution in [3.05, 3.63) is 18.2 Å². The van der Waals surface area contributed by atoms with E-state index < -0.39 is 9.84 Å². The Bertz CT molecular complexity index is 534. The Hall–Kier alpha value is -1.23. The summed E-state index contributed by atoms with van der Waals surface area (Å²) in [5.41, 5.74) is 7.20. The Balaban J connectivity index is 1.93. The molecule has 0 amide bonds. The van der Waals surface area contributed by atoms with E-state index in [4.69, 9.17) is 5.73 Å². The lowest BCUT2D eigenvalue weighted by Gasteiger charge is -2.13. The van der Waals surface area contributed by atoms with E-state index >= 15 is 0 Å². The van der Waals surface area contributed by atoms with Crippen LogP contribution >= 0.6 is 0 Å². The summed E-state index contributed by atoms with van der Waals surface area (Å²) in [4.78, 5) is 0.270. The van der Waals surface area contributed by atoms with Crippen molar-refractivity contribution in [1.29, 1.82) is 0 Å². The fourth-order valence-electron chi connectivity index (χ4n) is 2.64. The Kier molecular flexibility index (Phi) is 4.34. The van der Waals surface area contributed by atoms with E-state index in [0.29, 0.717) is 5.69 Å². The van der Waals surface area contributed by atoms with E-state index in [2.05, 4.69) is 5.32 Å². The van der Waals surface area contributed by atoms with Crippen molar-refractivity contribution in [1.82, 2.24) is 0 Å².